The van der Waals surface area contributed by atoms with E-state index in [1.807, 2.05) is 4.68 Å². The number of hydrogen-bond donors (Lipinski definition) is 1. The fourth-order valence-electron chi connectivity index (χ4n) is 2.58. The minimum Gasteiger partial charge on any atom is -0.307 e. The Morgan fingerprint density at radius 3 is 3.06 bits per heavy atom. The fraction of sp³-hybridized carbons (Fsp3) is 0.846. The second kappa shape index (κ2) is 6.57. The summed E-state index contributed by atoms with van der Waals surface area (Å²) in [5, 5.41) is 8.75. The maximum absolute atomic E-state index is 4.34. The van der Waals surface area contributed by atoms with Crippen LogP contribution in [0.2, 0.25) is 0 Å². The van der Waals surface area contributed by atoms with E-state index in [1.165, 1.54) is 25.0 Å². The lowest BCUT2D eigenvalue weighted by Crippen LogP contribution is -2.28. The Bertz CT molecular complexity index is 364. The molecule has 1 fully saturated rings. The summed E-state index contributed by atoms with van der Waals surface area (Å²) < 4.78 is 2.00. The average Bonchev–Trinajstić information content (AvgIpc) is 2.95. The van der Waals surface area contributed by atoms with Gasteiger partial charge in [0, 0.05) is 17.3 Å². The molecule has 2 rings (SSSR count). The summed E-state index contributed by atoms with van der Waals surface area (Å²) in [7, 11) is 0. The quantitative estimate of drug-likeness (QED) is 0.861. The molecule has 1 saturated carbocycles. The fourth-order valence-corrected chi connectivity index (χ4v) is 3.72. The van der Waals surface area contributed by atoms with Gasteiger partial charge in [-0.15, -0.1) is 0 Å². The first-order chi connectivity index (χ1) is 8.70. The van der Waals surface area contributed by atoms with Gasteiger partial charge < -0.3 is 5.32 Å². The third kappa shape index (κ3) is 3.48. The summed E-state index contributed by atoms with van der Waals surface area (Å²) in [5.74, 6) is 2.29. The molecule has 1 aromatic rings. The smallest absolute Gasteiger partial charge is 0.141 e. The lowest BCUT2D eigenvalue weighted by Gasteiger charge is -2.14. The molecule has 18 heavy (non-hydrogen) atoms. The van der Waals surface area contributed by atoms with Crippen molar-refractivity contribution >= 4 is 11.8 Å². The van der Waals surface area contributed by atoms with Crippen LogP contribution >= 0.6 is 11.8 Å². The predicted molar refractivity (Wildman–Crippen MR) is 76.8 cm³/mol. The number of hydrogen-bond acceptors (Lipinski definition) is 4. The van der Waals surface area contributed by atoms with E-state index in [1.54, 1.807) is 6.33 Å². The first-order valence-corrected chi connectivity index (χ1v) is 7.99. The zero-order chi connectivity index (χ0) is 13.0. The van der Waals surface area contributed by atoms with Crippen molar-refractivity contribution in [3.05, 3.63) is 12.2 Å². The summed E-state index contributed by atoms with van der Waals surface area (Å²) in [5.41, 5.74) is 0. The Balaban J connectivity index is 1.80. The molecule has 1 aliphatic carbocycles. The summed E-state index contributed by atoms with van der Waals surface area (Å²) in [4.78, 5) is 4.34. The molecule has 0 saturated heterocycles. The van der Waals surface area contributed by atoms with Crippen LogP contribution in [0.15, 0.2) is 6.33 Å². The number of nitrogens with one attached hydrogen (secondary N) is 1. The highest BCUT2D eigenvalue weighted by atomic mass is 32.2. The van der Waals surface area contributed by atoms with Crippen molar-refractivity contribution in [1.82, 2.24) is 20.1 Å². The number of rotatable bonds is 6. The molecule has 1 aromatic heterocycles. The van der Waals surface area contributed by atoms with E-state index >= 15 is 0 Å². The van der Waals surface area contributed by atoms with Crippen LogP contribution in [0.1, 0.15) is 51.9 Å². The maximum atomic E-state index is 4.34. The van der Waals surface area contributed by atoms with Crippen molar-refractivity contribution in [3.63, 3.8) is 0 Å². The summed E-state index contributed by atoms with van der Waals surface area (Å²) in [6.45, 7) is 7.37. The van der Waals surface area contributed by atoms with Crippen LogP contribution in [0.5, 0.6) is 0 Å². The second-order valence-corrected chi connectivity index (χ2v) is 6.76. The molecule has 0 spiro atoms. The van der Waals surface area contributed by atoms with Crippen LogP contribution in [0.3, 0.4) is 0 Å². The first kappa shape index (κ1) is 13.9. The minimum absolute atomic E-state index is 0.385. The van der Waals surface area contributed by atoms with Crippen molar-refractivity contribution in [2.75, 3.05) is 5.75 Å². The Morgan fingerprint density at radius 2 is 2.33 bits per heavy atom. The molecule has 2 atom stereocenters. The lowest BCUT2D eigenvalue weighted by atomic mass is 10.2. The van der Waals surface area contributed by atoms with Gasteiger partial charge in [-0.2, -0.15) is 16.9 Å². The van der Waals surface area contributed by atoms with E-state index in [-0.39, 0.29) is 0 Å². The molecule has 2 unspecified atom stereocenters. The molecular formula is C13H24N4S. The van der Waals surface area contributed by atoms with Crippen LogP contribution in [-0.2, 0) is 6.54 Å². The largest absolute Gasteiger partial charge is 0.307 e. The average molecular weight is 268 g/mol. The summed E-state index contributed by atoms with van der Waals surface area (Å²) >= 11 is 2.10. The van der Waals surface area contributed by atoms with Gasteiger partial charge in [0.05, 0.1) is 6.54 Å². The molecule has 4 nitrogen and oxygen atoms in total. The van der Waals surface area contributed by atoms with Gasteiger partial charge in [-0.25, -0.2) is 9.67 Å². The van der Waals surface area contributed by atoms with E-state index in [0.717, 1.165) is 17.6 Å². The highest BCUT2D eigenvalue weighted by molar-refractivity contribution is 7.99. The number of thioether (sulfide) groups is 1. The van der Waals surface area contributed by atoms with Gasteiger partial charge in [-0.1, -0.05) is 6.92 Å². The number of aromatic nitrogens is 3. The topological polar surface area (TPSA) is 42.7 Å². The molecule has 1 N–H and O–H groups in total. The maximum Gasteiger partial charge on any atom is 0.141 e. The third-order valence-corrected chi connectivity index (χ3v) is 4.71. The van der Waals surface area contributed by atoms with Gasteiger partial charge in [0.1, 0.15) is 12.2 Å². The van der Waals surface area contributed by atoms with Gasteiger partial charge in [0.2, 0.25) is 0 Å². The van der Waals surface area contributed by atoms with E-state index in [9.17, 15) is 0 Å². The molecule has 0 aliphatic heterocycles. The molecule has 0 aromatic carbocycles. The van der Waals surface area contributed by atoms with Gasteiger partial charge in [0.25, 0.3) is 0 Å². The monoisotopic (exact) mass is 268 g/mol. The molecule has 0 amide bonds. The second-order valence-electron chi connectivity index (χ2n) is 5.18. The van der Waals surface area contributed by atoms with E-state index in [4.69, 9.17) is 0 Å². The van der Waals surface area contributed by atoms with Crippen LogP contribution in [-0.4, -0.2) is 31.8 Å². The first-order valence-electron chi connectivity index (χ1n) is 6.94. The van der Waals surface area contributed by atoms with Crippen molar-refractivity contribution in [1.29, 1.82) is 0 Å². The van der Waals surface area contributed by atoms with Crippen LogP contribution in [0.4, 0.5) is 0 Å². The highest BCUT2D eigenvalue weighted by Gasteiger charge is 2.24. The Hall–Kier alpha value is -0.550. The predicted octanol–water partition coefficient (Wildman–Crippen LogP) is 2.62. The van der Waals surface area contributed by atoms with E-state index in [0.29, 0.717) is 12.1 Å². The van der Waals surface area contributed by atoms with Crippen molar-refractivity contribution in [2.45, 2.75) is 63.9 Å². The minimum atomic E-state index is 0.385. The zero-order valence-corrected chi connectivity index (χ0v) is 12.4. The van der Waals surface area contributed by atoms with Crippen LogP contribution in [0, 0.1) is 0 Å². The van der Waals surface area contributed by atoms with Crippen LogP contribution in [0.25, 0.3) is 0 Å². The van der Waals surface area contributed by atoms with Crippen molar-refractivity contribution < 1.29 is 0 Å². The number of nitrogens with zero attached hydrogens (tertiary/aromatic N) is 3. The Morgan fingerprint density at radius 1 is 1.50 bits per heavy atom. The lowest BCUT2D eigenvalue weighted by molar-refractivity contribution is 0.461. The Kier molecular flexibility index (Phi) is 5.06. The molecule has 1 aliphatic rings. The molecule has 5 heteroatoms. The molecule has 0 bridgehead atoms. The zero-order valence-electron chi connectivity index (χ0n) is 11.6. The SMILES string of the molecule is CCSC1CCC(NCc2ncnn2C(C)C)C1. The van der Waals surface area contributed by atoms with Crippen LogP contribution < -0.4 is 5.32 Å². The van der Waals surface area contributed by atoms with Gasteiger partial charge in [0.15, 0.2) is 0 Å². The molecular weight excluding hydrogens is 244 g/mol. The van der Waals surface area contributed by atoms with Crippen molar-refractivity contribution in [3.8, 4) is 0 Å². The highest BCUT2D eigenvalue weighted by Crippen LogP contribution is 2.29. The third-order valence-electron chi connectivity index (χ3n) is 3.47. The molecule has 0 radical (unpaired) electrons. The summed E-state index contributed by atoms with van der Waals surface area (Å²) in [6, 6.07) is 1.04. The van der Waals surface area contributed by atoms with E-state index < -0.39 is 0 Å². The standard InChI is InChI=1S/C13H24N4S/c1-4-18-12-6-5-11(7-12)14-8-13-15-9-16-17(13)10(2)3/h9-12,14H,4-8H2,1-3H3. The Labute approximate surface area is 114 Å². The molecule has 102 valence electrons. The summed E-state index contributed by atoms with van der Waals surface area (Å²) in [6.07, 6.45) is 5.61. The van der Waals surface area contributed by atoms with Crippen molar-refractivity contribution in [2.24, 2.45) is 0 Å². The molecule has 1 heterocycles. The normalized spacial score (nSPS) is 24.0. The van der Waals surface area contributed by atoms with Gasteiger partial charge in [-0.3, -0.25) is 0 Å². The van der Waals surface area contributed by atoms with E-state index in [2.05, 4.69) is 47.9 Å². The van der Waals surface area contributed by atoms with Gasteiger partial charge >= 0.3 is 0 Å². The van der Waals surface area contributed by atoms with Gasteiger partial charge in [-0.05, 0) is 38.9 Å².